The van der Waals surface area contributed by atoms with Crippen LogP contribution in [0.25, 0.3) is 10.8 Å². The van der Waals surface area contributed by atoms with Crippen molar-refractivity contribution in [2.75, 3.05) is 32.6 Å². The molecule has 0 saturated carbocycles. The third-order valence-corrected chi connectivity index (χ3v) is 5.58. The van der Waals surface area contributed by atoms with Gasteiger partial charge in [0.05, 0.1) is 11.3 Å². The van der Waals surface area contributed by atoms with E-state index in [2.05, 4.69) is 0 Å². The highest BCUT2D eigenvalue weighted by molar-refractivity contribution is 7.89. The lowest BCUT2D eigenvalue weighted by atomic mass is 10.1. The minimum absolute atomic E-state index is 0.0680. The summed E-state index contributed by atoms with van der Waals surface area (Å²) in [6, 6.07) is 10.6. The summed E-state index contributed by atoms with van der Waals surface area (Å²) in [5, 5.41) is 10.2. The van der Waals surface area contributed by atoms with E-state index in [0.717, 1.165) is 15.4 Å². The van der Waals surface area contributed by atoms with E-state index in [9.17, 15) is 13.2 Å². The molecule has 0 unspecified atom stereocenters. The van der Waals surface area contributed by atoms with Gasteiger partial charge < -0.3 is 10.0 Å². The van der Waals surface area contributed by atoms with Gasteiger partial charge in [0.25, 0.3) is 0 Å². The zero-order valence-electron chi connectivity index (χ0n) is 13.4. The molecular formula is C16H20N2O4S. The monoisotopic (exact) mass is 336 g/mol. The van der Waals surface area contributed by atoms with Crippen LogP contribution in [0.1, 0.15) is 6.42 Å². The predicted octanol–water partition coefficient (Wildman–Crippen LogP) is 2.00. The second-order valence-electron chi connectivity index (χ2n) is 5.49. The molecule has 2 rings (SSSR count). The fraction of sp³-hybridized carbons (Fsp3) is 0.312. The standard InChI is InChI=1S/C16H20N2O4S/c1-17(2)14-8-4-7-13-12(14)6-5-9-15(13)23(21,22)18(3)11-10-16(19)20/h4-9H,10-11H2,1-3H3,(H,19,20). The normalized spacial score (nSPS) is 11.8. The van der Waals surface area contributed by atoms with Gasteiger partial charge in [0, 0.05) is 44.1 Å². The molecule has 124 valence electrons. The van der Waals surface area contributed by atoms with E-state index < -0.39 is 16.0 Å². The molecular weight excluding hydrogens is 316 g/mol. The third-order valence-electron chi connectivity index (χ3n) is 3.67. The Bertz CT molecular complexity index is 831. The first kappa shape index (κ1) is 17.2. The molecule has 0 aliphatic rings. The van der Waals surface area contributed by atoms with Gasteiger partial charge in [0.15, 0.2) is 0 Å². The SMILES string of the molecule is CN(C)c1cccc2c(S(=O)(=O)N(C)CCC(=O)O)cccc12. The Labute approximate surface area is 136 Å². The van der Waals surface area contributed by atoms with E-state index in [4.69, 9.17) is 5.11 Å². The van der Waals surface area contributed by atoms with E-state index in [1.807, 2.05) is 37.2 Å². The van der Waals surface area contributed by atoms with Gasteiger partial charge in [-0.1, -0.05) is 24.3 Å². The Balaban J connectivity index is 2.55. The Morgan fingerprint density at radius 1 is 1.04 bits per heavy atom. The summed E-state index contributed by atoms with van der Waals surface area (Å²) in [4.78, 5) is 12.8. The first-order valence-corrected chi connectivity index (χ1v) is 8.56. The van der Waals surface area contributed by atoms with Crippen molar-refractivity contribution in [1.29, 1.82) is 0 Å². The number of rotatable bonds is 6. The number of carboxylic acid groups (broad SMARTS) is 1. The Hall–Kier alpha value is -2.12. The second-order valence-corrected chi connectivity index (χ2v) is 7.51. The topological polar surface area (TPSA) is 77.9 Å². The van der Waals surface area contributed by atoms with Gasteiger partial charge in [-0.05, 0) is 12.1 Å². The molecule has 0 aliphatic carbocycles. The van der Waals surface area contributed by atoms with Crippen molar-refractivity contribution in [2.24, 2.45) is 0 Å². The highest BCUT2D eigenvalue weighted by atomic mass is 32.2. The lowest BCUT2D eigenvalue weighted by molar-refractivity contribution is -0.137. The van der Waals surface area contributed by atoms with E-state index >= 15 is 0 Å². The van der Waals surface area contributed by atoms with Crippen molar-refractivity contribution in [3.05, 3.63) is 36.4 Å². The highest BCUT2D eigenvalue weighted by Gasteiger charge is 2.23. The number of hydrogen-bond donors (Lipinski definition) is 1. The number of nitrogens with zero attached hydrogens (tertiary/aromatic N) is 2. The summed E-state index contributed by atoms with van der Waals surface area (Å²) < 4.78 is 26.6. The van der Waals surface area contributed by atoms with Gasteiger partial charge in [-0.15, -0.1) is 0 Å². The first-order valence-electron chi connectivity index (χ1n) is 7.12. The molecule has 23 heavy (non-hydrogen) atoms. The molecule has 0 fully saturated rings. The lowest BCUT2D eigenvalue weighted by Gasteiger charge is -2.20. The average molecular weight is 336 g/mol. The van der Waals surface area contributed by atoms with E-state index in [1.165, 1.54) is 7.05 Å². The van der Waals surface area contributed by atoms with Gasteiger partial charge in [-0.2, -0.15) is 0 Å². The maximum absolute atomic E-state index is 12.8. The van der Waals surface area contributed by atoms with Crippen molar-refractivity contribution in [3.8, 4) is 0 Å². The van der Waals surface area contributed by atoms with Crippen LogP contribution in [0.3, 0.4) is 0 Å². The molecule has 0 bridgehead atoms. The lowest BCUT2D eigenvalue weighted by Crippen LogP contribution is -2.29. The summed E-state index contributed by atoms with van der Waals surface area (Å²) in [5.74, 6) is -1.03. The first-order chi connectivity index (χ1) is 10.7. The predicted molar refractivity (Wildman–Crippen MR) is 90.3 cm³/mol. The molecule has 1 N–H and O–H groups in total. The summed E-state index contributed by atoms with van der Waals surface area (Å²) in [6.07, 6.45) is -0.233. The van der Waals surface area contributed by atoms with Crippen LogP contribution < -0.4 is 4.90 Å². The van der Waals surface area contributed by atoms with Crippen molar-refractivity contribution in [3.63, 3.8) is 0 Å². The Kier molecular flexibility index (Phi) is 4.91. The number of benzene rings is 2. The second kappa shape index (κ2) is 6.55. The number of fused-ring (bicyclic) bond motifs is 1. The smallest absolute Gasteiger partial charge is 0.304 e. The van der Waals surface area contributed by atoms with Crippen LogP contribution in [0.2, 0.25) is 0 Å². The van der Waals surface area contributed by atoms with Crippen LogP contribution >= 0.6 is 0 Å². The minimum Gasteiger partial charge on any atom is -0.481 e. The van der Waals surface area contributed by atoms with E-state index in [1.54, 1.807) is 18.2 Å². The van der Waals surface area contributed by atoms with Gasteiger partial charge in [-0.3, -0.25) is 4.79 Å². The van der Waals surface area contributed by atoms with Crippen LogP contribution in [0, 0.1) is 0 Å². The van der Waals surface area contributed by atoms with Crippen LogP contribution in [-0.4, -0.2) is 51.5 Å². The van der Waals surface area contributed by atoms with Crippen LogP contribution in [0.4, 0.5) is 5.69 Å². The summed E-state index contributed by atoms with van der Waals surface area (Å²) >= 11 is 0. The van der Waals surface area contributed by atoms with E-state index in [-0.39, 0.29) is 17.9 Å². The van der Waals surface area contributed by atoms with Crippen LogP contribution in [0.15, 0.2) is 41.3 Å². The molecule has 0 saturated heterocycles. The molecule has 7 heteroatoms. The van der Waals surface area contributed by atoms with Gasteiger partial charge >= 0.3 is 5.97 Å². The van der Waals surface area contributed by atoms with Gasteiger partial charge in [-0.25, -0.2) is 12.7 Å². The Morgan fingerprint density at radius 3 is 2.26 bits per heavy atom. The van der Waals surface area contributed by atoms with E-state index in [0.29, 0.717) is 5.39 Å². The molecule has 0 atom stereocenters. The molecule has 0 aromatic heterocycles. The molecule has 2 aromatic rings. The maximum Gasteiger partial charge on any atom is 0.304 e. The highest BCUT2D eigenvalue weighted by Crippen LogP contribution is 2.31. The molecule has 0 radical (unpaired) electrons. The third kappa shape index (κ3) is 3.46. The number of sulfonamides is 1. The molecule has 0 spiro atoms. The maximum atomic E-state index is 12.8. The van der Waals surface area contributed by atoms with Gasteiger partial charge in [0.2, 0.25) is 10.0 Å². The zero-order chi connectivity index (χ0) is 17.2. The molecule has 2 aromatic carbocycles. The number of carboxylic acids is 1. The Morgan fingerprint density at radius 2 is 1.65 bits per heavy atom. The summed E-state index contributed by atoms with van der Waals surface area (Å²) in [7, 11) is 1.44. The van der Waals surface area contributed by atoms with Crippen LogP contribution in [0.5, 0.6) is 0 Å². The van der Waals surface area contributed by atoms with Crippen LogP contribution in [-0.2, 0) is 14.8 Å². The summed E-state index contributed by atoms with van der Waals surface area (Å²) in [6.45, 7) is -0.0680. The fourth-order valence-electron chi connectivity index (χ4n) is 2.42. The molecule has 0 aliphatic heterocycles. The number of aliphatic carboxylic acids is 1. The zero-order valence-corrected chi connectivity index (χ0v) is 14.2. The largest absolute Gasteiger partial charge is 0.481 e. The fourth-order valence-corrected chi connectivity index (χ4v) is 3.79. The minimum atomic E-state index is -3.75. The number of hydrogen-bond acceptors (Lipinski definition) is 4. The number of anilines is 1. The molecule has 6 nitrogen and oxygen atoms in total. The van der Waals surface area contributed by atoms with Crippen molar-refractivity contribution in [2.45, 2.75) is 11.3 Å². The van der Waals surface area contributed by atoms with Crippen molar-refractivity contribution >= 4 is 32.5 Å². The quantitative estimate of drug-likeness (QED) is 0.873. The molecule has 0 heterocycles. The summed E-state index contributed by atoms with van der Waals surface area (Å²) in [5.41, 5.74) is 0.924. The average Bonchev–Trinajstić information content (AvgIpc) is 2.50. The molecule has 0 amide bonds. The van der Waals surface area contributed by atoms with Gasteiger partial charge in [0.1, 0.15) is 0 Å². The number of carbonyl (C=O) groups is 1. The van der Waals surface area contributed by atoms with Crippen molar-refractivity contribution in [1.82, 2.24) is 4.31 Å². The van der Waals surface area contributed by atoms with Crippen molar-refractivity contribution < 1.29 is 18.3 Å².